The zero-order chi connectivity index (χ0) is 13.0. The van der Waals surface area contributed by atoms with Gasteiger partial charge in [0.1, 0.15) is 5.82 Å². The number of hydrogen-bond acceptors (Lipinski definition) is 4. The molecule has 0 aliphatic heterocycles. The fourth-order valence-electron chi connectivity index (χ4n) is 1.53. The quantitative estimate of drug-likeness (QED) is 0.830. The Morgan fingerprint density at radius 3 is 2.72 bits per heavy atom. The highest BCUT2D eigenvalue weighted by atomic mass is 32.2. The molecule has 94 valence electrons. The van der Waals surface area contributed by atoms with E-state index in [-0.39, 0.29) is 5.75 Å². The molecule has 0 saturated heterocycles. The lowest BCUT2D eigenvalue weighted by Gasteiger charge is -2.02. The van der Waals surface area contributed by atoms with E-state index < -0.39 is 5.97 Å². The molecule has 1 aromatic heterocycles. The van der Waals surface area contributed by atoms with Crippen LogP contribution >= 0.6 is 11.8 Å². The molecule has 1 aromatic carbocycles. The molecule has 0 radical (unpaired) electrons. The SMILES string of the molecule is Cn1c(Cc2ccccc2)nnc1SCC(=O)O. The Morgan fingerprint density at radius 1 is 1.33 bits per heavy atom. The second-order valence-corrected chi connectivity index (χ2v) is 4.75. The third kappa shape index (κ3) is 3.10. The summed E-state index contributed by atoms with van der Waals surface area (Å²) in [5.74, 6) is -0.0289. The van der Waals surface area contributed by atoms with Gasteiger partial charge in [-0.25, -0.2) is 0 Å². The third-order valence-electron chi connectivity index (χ3n) is 2.45. The van der Waals surface area contributed by atoms with E-state index in [1.807, 2.05) is 41.9 Å². The van der Waals surface area contributed by atoms with Gasteiger partial charge in [0.2, 0.25) is 0 Å². The van der Waals surface area contributed by atoms with Crippen LogP contribution in [0.5, 0.6) is 0 Å². The molecule has 6 heteroatoms. The van der Waals surface area contributed by atoms with Crippen molar-refractivity contribution in [3.05, 3.63) is 41.7 Å². The fourth-order valence-corrected chi connectivity index (χ4v) is 2.18. The predicted octanol–water partition coefficient (Wildman–Crippen LogP) is 1.58. The summed E-state index contributed by atoms with van der Waals surface area (Å²) in [6.07, 6.45) is 0.692. The Hall–Kier alpha value is -1.82. The minimum atomic E-state index is -0.854. The van der Waals surface area contributed by atoms with E-state index in [1.54, 1.807) is 0 Å². The minimum Gasteiger partial charge on any atom is -0.481 e. The van der Waals surface area contributed by atoms with Crippen LogP contribution in [0, 0.1) is 0 Å². The fraction of sp³-hybridized carbons (Fsp3) is 0.250. The number of rotatable bonds is 5. The van der Waals surface area contributed by atoms with Crippen molar-refractivity contribution < 1.29 is 9.90 Å². The van der Waals surface area contributed by atoms with Crippen LogP contribution in [0.25, 0.3) is 0 Å². The Bertz CT molecular complexity index is 540. The standard InChI is InChI=1S/C12H13N3O2S/c1-15-10(7-9-5-3-2-4-6-9)13-14-12(15)18-8-11(16)17/h2-6H,7-8H2,1H3,(H,16,17). The van der Waals surface area contributed by atoms with Crippen molar-refractivity contribution >= 4 is 17.7 Å². The van der Waals surface area contributed by atoms with Crippen molar-refractivity contribution in [3.8, 4) is 0 Å². The molecule has 2 rings (SSSR count). The topological polar surface area (TPSA) is 68.0 Å². The van der Waals surface area contributed by atoms with Crippen LogP contribution in [0.1, 0.15) is 11.4 Å². The molecule has 0 aliphatic carbocycles. The summed E-state index contributed by atoms with van der Waals surface area (Å²) in [6.45, 7) is 0. The van der Waals surface area contributed by atoms with E-state index in [9.17, 15) is 4.79 Å². The highest BCUT2D eigenvalue weighted by molar-refractivity contribution is 7.99. The zero-order valence-corrected chi connectivity index (χ0v) is 10.7. The van der Waals surface area contributed by atoms with Crippen molar-refractivity contribution in [2.24, 2.45) is 7.05 Å². The summed E-state index contributed by atoms with van der Waals surface area (Å²) >= 11 is 1.18. The van der Waals surface area contributed by atoms with Gasteiger partial charge in [0, 0.05) is 13.5 Å². The molecule has 2 aromatic rings. The van der Waals surface area contributed by atoms with Crippen molar-refractivity contribution in [2.75, 3.05) is 5.75 Å². The van der Waals surface area contributed by atoms with E-state index >= 15 is 0 Å². The summed E-state index contributed by atoms with van der Waals surface area (Å²) in [4.78, 5) is 10.5. The lowest BCUT2D eigenvalue weighted by molar-refractivity contribution is -0.133. The molecular weight excluding hydrogens is 250 g/mol. The molecule has 0 atom stereocenters. The van der Waals surface area contributed by atoms with Gasteiger partial charge < -0.3 is 9.67 Å². The van der Waals surface area contributed by atoms with Crippen molar-refractivity contribution in [2.45, 2.75) is 11.6 Å². The minimum absolute atomic E-state index is 0.00267. The molecule has 0 bridgehead atoms. The molecule has 0 saturated carbocycles. The van der Waals surface area contributed by atoms with E-state index in [0.717, 1.165) is 11.4 Å². The number of hydrogen-bond donors (Lipinski definition) is 1. The molecule has 0 unspecified atom stereocenters. The van der Waals surface area contributed by atoms with Gasteiger partial charge >= 0.3 is 5.97 Å². The third-order valence-corrected chi connectivity index (χ3v) is 3.46. The first kappa shape index (κ1) is 12.6. The molecule has 0 spiro atoms. The number of thioether (sulfide) groups is 1. The average molecular weight is 263 g/mol. The number of carboxylic acid groups (broad SMARTS) is 1. The second kappa shape index (κ2) is 5.68. The summed E-state index contributed by atoms with van der Waals surface area (Å²) < 4.78 is 1.83. The highest BCUT2D eigenvalue weighted by Gasteiger charge is 2.10. The van der Waals surface area contributed by atoms with Gasteiger partial charge in [0.25, 0.3) is 0 Å². The van der Waals surface area contributed by atoms with Crippen molar-refractivity contribution in [1.82, 2.24) is 14.8 Å². The first-order valence-corrected chi connectivity index (χ1v) is 6.42. The lowest BCUT2D eigenvalue weighted by atomic mass is 10.1. The Kier molecular flexibility index (Phi) is 3.99. The summed E-state index contributed by atoms with van der Waals surface area (Å²) in [6, 6.07) is 9.98. The van der Waals surface area contributed by atoms with Crippen LogP contribution < -0.4 is 0 Å². The van der Waals surface area contributed by atoms with Crippen LogP contribution in [0.2, 0.25) is 0 Å². The first-order valence-electron chi connectivity index (χ1n) is 5.43. The highest BCUT2D eigenvalue weighted by Crippen LogP contribution is 2.16. The van der Waals surface area contributed by atoms with Gasteiger partial charge in [-0.15, -0.1) is 10.2 Å². The van der Waals surface area contributed by atoms with Crippen LogP contribution in [0.4, 0.5) is 0 Å². The molecule has 0 fully saturated rings. The monoisotopic (exact) mass is 263 g/mol. The maximum Gasteiger partial charge on any atom is 0.313 e. The summed E-state index contributed by atoms with van der Waals surface area (Å²) in [7, 11) is 1.85. The summed E-state index contributed by atoms with van der Waals surface area (Å²) in [5, 5.41) is 17.3. The Labute approximate surface area is 109 Å². The Morgan fingerprint density at radius 2 is 2.06 bits per heavy atom. The molecule has 0 amide bonds. The second-order valence-electron chi connectivity index (χ2n) is 3.80. The van der Waals surface area contributed by atoms with Crippen LogP contribution in [-0.2, 0) is 18.3 Å². The number of carbonyl (C=O) groups is 1. The van der Waals surface area contributed by atoms with Gasteiger partial charge in [-0.05, 0) is 5.56 Å². The summed E-state index contributed by atoms with van der Waals surface area (Å²) in [5.41, 5.74) is 1.16. The average Bonchev–Trinajstić information content (AvgIpc) is 2.70. The molecule has 5 nitrogen and oxygen atoms in total. The Balaban J connectivity index is 2.08. The molecule has 0 aliphatic rings. The van der Waals surface area contributed by atoms with E-state index in [0.29, 0.717) is 11.6 Å². The van der Waals surface area contributed by atoms with Gasteiger partial charge in [0.15, 0.2) is 5.16 Å². The first-order chi connectivity index (χ1) is 8.66. The van der Waals surface area contributed by atoms with Crippen molar-refractivity contribution in [1.29, 1.82) is 0 Å². The molecule has 1 heterocycles. The molecule has 1 N–H and O–H groups in total. The zero-order valence-electron chi connectivity index (χ0n) is 9.91. The van der Waals surface area contributed by atoms with E-state index in [2.05, 4.69) is 10.2 Å². The van der Waals surface area contributed by atoms with Gasteiger partial charge in [0.05, 0.1) is 5.75 Å². The number of aliphatic carboxylic acids is 1. The molecule has 18 heavy (non-hydrogen) atoms. The van der Waals surface area contributed by atoms with Crippen molar-refractivity contribution in [3.63, 3.8) is 0 Å². The largest absolute Gasteiger partial charge is 0.481 e. The smallest absolute Gasteiger partial charge is 0.313 e. The number of nitrogens with zero attached hydrogens (tertiary/aromatic N) is 3. The van der Waals surface area contributed by atoms with Crippen LogP contribution in [0.15, 0.2) is 35.5 Å². The number of carboxylic acids is 1. The lowest BCUT2D eigenvalue weighted by Crippen LogP contribution is -2.03. The van der Waals surface area contributed by atoms with Gasteiger partial charge in [-0.3, -0.25) is 4.79 Å². The number of benzene rings is 1. The van der Waals surface area contributed by atoms with E-state index in [1.165, 1.54) is 11.8 Å². The maximum atomic E-state index is 10.5. The van der Waals surface area contributed by atoms with Crippen LogP contribution in [-0.4, -0.2) is 31.6 Å². The predicted molar refractivity (Wildman–Crippen MR) is 68.6 cm³/mol. The van der Waals surface area contributed by atoms with Gasteiger partial charge in [-0.2, -0.15) is 0 Å². The number of aromatic nitrogens is 3. The molecular formula is C12H13N3O2S. The maximum absolute atomic E-state index is 10.5. The van der Waals surface area contributed by atoms with Crippen LogP contribution in [0.3, 0.4) is 0 Å². The van der Waals surface area contributed by atoms with E-state index in [4.69, 9.17) is 5.11 Å². The van der Waals surface area contributed by atoms with Gasteiger partial charge in [-0.1, -0.05) is 42.1 Å². The normalized spacial score (nSPS) is 10.5.